The number of hydrogen-bond acceptors (Lipinski definition) is 3. The zero-order valence-electron chi connectivity index (χ0n) is 13.1. The molecule has 2 unspecified atom stereocenters. The fourth-order valence-corrected chi connectivity index (χ4v) is 2.69. The molecule has 0 radical (unpaired) electrons. The van der Waals surface area contributed by atoms with Crippen molar-refractivity contribution in [3.05, 3.63) is 35.9 Å². The highest BCUT2D eigenvalue weighted by Gasteiger charge is 2.55. The van der Waals surface area contributed by atoms with Crippen LogP contribution in [0.25, 0.3) is 0 Å². The third-order valence-electron chi connectivity index (χ3n) is 4.20. The van der Waals surface area contributed by atoms with E-state index in [0.29, 0.717) is 12.3 Å². The molecule has 136 valence electrons. The third kappa shape index (κ3) is 5.09. The summed E-state index contributed by atoms with van der Waals surface area (Å²) in [6.45, 7) is 0.861. The first-order valence-corrected chi connectivity index (χ1v) is 7.65. The van der Waals surface area contributed by atoms with Gasteiger partial charge in [0, 0.05) is 6.42 Å². The first kappa shape index (κ1) is 20.7. The number of rotatable bonds is 6. The number of amides is 1. The largest absolute Gasteiger partial charge is 0.423 e. The summed E-state index contributed by atoms with van der Waals surface area (Å²) in [5.41, 5.74) is -3.37. The maximum Gasteiger partial charge on any atom is 0.423 e. The molecular formula is C16H22ClF3N2O2. The number of carbonyl (C=O) groups excluding carboxylic acids is 1. The van der Waals surface area contributed by atoms with Crippen molar-refractivity contribution in [1.82, 2.24) is 10.6 Å². The van der Waals surface area contributed by atoms with Gasteiger partial charge in [-0.2, -0.15) is 13.2 Å². The van der Waals surface area contributed by atoms with E-state index in [1.807, 2.05) is 0 Å². The molecule has 1 aliphatic heterocycles. The van der Waals surface area contributed by atoms with E-state index in [0.717, 1.165) is 19.5 Å². The minimum atomic E-state index is -4.88. The second-order valence-electron chi connectivity index (χ2n) is 5.90. The van der Waals surface area contributed by atoms with Crippen LogP contribution in [0.5, 0.6) is 0 Å². The zero-order chi connectivity index (χ0) is 16.9. The summed E-state index contributed by atoms with van der Waals surface area (Å²) in [6.07, 6.45) is -3.11. The van der Waals surface area contributed by atoms with Crippen molar-refractivity contribution in [2.45, 2.75) is 31.0 Å². The average Bonchev–Trinajstić information content (AvgIpc) is 3.03. The topological polar surface area (TPSA) is 61.4 Å². The van der Waals surface area contributed by atoms with Crippen LogP contribution in [0.2, 0.25) is 0 Å². The van der Waals surface area contributed by atoms with Crippen LogP contribution in [0.1, 0.15) is 24.8 Å². The molecule has 8 heteroatoms. The molecule has 2 atom stereocenters. The maximum absolute atomic E-state index is 13.3. The molecule has 0 spiro atoms. The molecule has 0 aliphatic carbocycles. The van der Waals surface area contributed by atoms with Crippen LogP contribution in [0.15, 0.2) is 30.3 Å². The molecule has 2 rings (SSSR count). The molecule has 0 bridgehead atoms. The molecule has 1 aromatic carbocycles. The van der Waals surface area contributed by atoms with Gasteiger partial charge in [-0.25, -0.2) is 0 Å². The predicted octanol–water partition coefficient (Wildman–Crippen LogP) is 2.36. The van der Waals surface area contributed by atoms with Crippen LogP contribution in [-0.2, 0) is 10.4 Å². The first-order chi connectivity index (χ1) is 10.8. The number of carbonyl (C=O) groups is 1. The van der Waals surface area contributed by atoms with Gasteiger partial charge in [0.15, 0.2) is 0 Å². The molecule has 3 N–H and O–H groups in total. The smallest absolute Gasteiger partial charge is 0.375 e. The van der Waals surface area contributed by atoms with Gasteiger partial charge in [-0.1, -0.05) is 30.3 Å². The van der Waals surface area contributed by atoms with Crippen LogP contribution in [0, 0.1) is 5.92 Å². The Morgan fingerprint density at radius 2 is 1.96 bits per heavy atom. The third-order valence-corrected chi connectivity index (χ3v) is 4.20. The van der Waals surface area contributed by atoms with Gasteiger partial charge in [-0.05, 0) is 37.4 Å². The number of aliphatic hydroxyl groups is 1. The van der Waals surface area contributed by atoms with Gasteiger partial charge in [-0.15, -0.1) is 12.4 Å². The lowest BCUT2D eigenvalue weighted by Gasteiger charge is -2.31. The van der Waals surface area contributed by atoms with Gasteiger partial charge in [0.05, 0.1) is 6.54 Å². The van der Waals surface area contributed by atoms with E-state index in [1.165, 1.54) is 24.3 Å². The lowest BCUT2D eigenvalue weighted by Crippen LogP contribution is -2.51. The summed E-state index contributed by atoms with van der Waals surface area (Å²) in [6, 6.07) is 6.80. The Kier molecular flexibility index (Phi) is 7.51. The second-order valence-corrected chi connectivity index (χ2v) is 5.90. The highest BCUT2D eigenvalue weighted by Crippen LogP contribution is 2.38. The molecule has 1 aliphatic rings. The quantitative estimate of drug-likeness (QED) is 0.724. The van der Waals surface area contributed by atoms with E-state index in [4.69, 9.17) is 0 Å². The predicted molar refractivity (Wildman–Crippen MR) is 86.9 cm³/mol. The van der Waals surface area contributed by atoms with Crippen LogP contribution in [0.4, 0.5) is 13.2 Å². The molecular weight excluding hydrogens is 345 g/mol. The fraction of sp³-hybridized carbons (Fsp3) is 0.562. The summed E-state index contributed by atoms with van der Waals surface area (Å²) >= 11 is 0. The molecule has 1 amide bonds. The molecule has 0 aromatic heterocycles. The number of benzene rings is 1. The van der Waals surface area contributed by atoms with Crippen molar-refractivity contribution in [1.29, 1.82) is 0 Å². The minimum absolute atomic E-state index is 0. The first-order valence-electron chi connectivity index (χ1n) is 7.65. The highest BCUT2D eigenvalue weighted by molar-refractivity contribution is 5.85. The Morgan fingerprint density at radius 3 is 2.50 bits per heavy atom. The van der Waals surface area contributed by atoms with Crippen LogP contribution in [0.3, 0.4) is 0 Å². The summed E-state index contributed by atoms with van der Waals surface area (Å²) < 4.78 is 39.8. The van der Waals surface area contributed by atoms with E-state index in [9.17, 15) is 23.1 Å². The lowest BCUT2D eigenvalue weighted by atomic mass is 9.93. The van der Waals surface area contributed by atoms with Crippen LogP contribution in [-0.4, -0.2) is 36.8 Å². The van der Waals surface area contributed by atoms with E-state index in [2.05, 4.69) is 10.6 Å². The van der Waals surface area contributed by atoms with Crippen molar-refractivity contribution in [3.63, 3.8) is 0 Å². The molecule has 1 heterocycles. The molecule has 1 aromatic rings. The van der Waals surface area contributed by atoms with E-state index >= 15 is 0 Å². The number of halogens is 4. The summed E-state index contributed by atoms with van der Waals surface area (Å²) in [7, 11) is 0. The van der Waals surface area contributed by atoms with Crippen molar-refractivity contribution in [2.24, 2.45) is 5.92 Å². The molecule has 1 fully saturated rings. The standard InChI is InChI=1S/C16H21F3N2O2.ClH/c17-16(18,19)15(23,13-4-2-1-3-5-13)11-21-14(22)7-6-12-8-9-20-10-12;/h1-5,12,20,23H,6-11H2,(H,21,22);1H. The molecule has 0 saturated carbocycles. The normalized spacial score (nSPS) is 20.1. The van der Waals surface area contributed by atoms with Gasteiger partial charge in [0.25, 0.3) is 0 Å². The number of alkyl halides is 3. The second kappa shape index (κ2) is 8.69. The average molecular weight is 367 g/mol. The molecule has 24 heavy (non-hydrogen) atoms. The van der Waals surface area contributed by atoms with E-state index in [-0.39, 0.29) is 24.4 Å². The van der Waals surface area contributed by atoms with Crippen LogP contribution < -0.4 is 10.6 Å². The fourth-order valence-electron chi connectivity index (χ4n) is 2.69. The number of hydrogen-bond donors (Lipinski definition) is 3. The summed E-state index contributed by atoms with van der Waals surface area (Å²) in [5.74, 6) is -0.0909. The monoisotopic (exact) mass is 366 g/mol. The molecule has 1 saturated heterocycles. The lowest BCUT2D eigenvalue weighted by molar-refractivity contribution is -0.264. The highest BCUT2D eigenvalue weighted by atomic mass is 35.5. The van der Waals surface area contributed by atoms with E-state index in [1.54, 1.807) is 6.07 Å². The van der Waals surface area contributed by atoms with Crippen molar-refractivity contribution in [2.75, 3.05) is 19.6 Å². The zero-order valence-corrected chi connectivity index (χ0v) is 13.9. The van der Waals surface area contributed by atoms with Crippen molar-refractivity contribution >= 4 is 18.3 Å². The van der Waals surface area contributed by atoms with Crippen molar-refractivity contribution in [3.8, 4) is 0 Å². The summed E-state index contributed by atoms with van der Waals surface area (Å²) in [5, 5.41) is 15.5. The molecule has 4 nitrogen and oxygen atoms in total. The van der Waals surface area contributed by atoms with Gasteiger partial charge in [-0.3, -0.25) is 4.79 Å². The van der Waals surface area contributed by atoms with Gasteiger partial charge in [0.1, 0.15) is 0 Å². The van der Waals surface area contributed by atoms with Gasteiger partial charge < -0.3 is 15.7 Å². The maximum atomic E-state index is 13.3. The Balaban J connectivity index is 0.00000288. The summed E-state index contributed by atoms with van der Waals surface area (Å²) in [4.78, 5) is 11.8. The van der Waals surface area contributed by atoms with Crippen LogP contribution >= 0.6 is 12.4 Å². The van der Waals surface area contributed by atoms with Crippen molar-refractivity contribution < 1.29 is 23.1 Å². The Labute approximate surface area is 145 Å². The number of nitrogens with one attached hydrogen (secondary N) is 2. The minimum Gasteiger partial charge on any atom is -0.375 e. The Morgan fingerprint density at radius 1 is 1.29 bits per heavy atom. The Bertz CT molecular complexity index is 522. The van der Waals surface area contributed by atoms with E-state index < -0.39 is 24.2 Å². The van der Waals surface area contributed by atoms with Gasteiger partial charge >= 0.3 is 6.18 Å². The van der Waals surface area contributed by atoms with Gasteiger partial charge in [0.2, 0.25) is 11.5 Å². The SMILES string of the molecule is Cl.O=C(CCC1CCNC1)NCC(O)(c1ccccc1)C(F)(F)F. The Hall–Kier alpha value is -1.31.